The molecule has 0 atom stereocenters. The fourth-order valence-corrected chi connectivity index (χ4v) is 1.91. The number of hydrogen-bond acceptors (Lipinski definition) is 4. The van der Waals surface area contributed by atoms with Crippen LogP contribution in [0.3, 0.4) is 0 Å². The van der Waals surface area contributed by atoms with Crippen LogP contribution in [0.4, 0.5) is 0 Å². The zero-order valence-corrected chi connectivity index (χ0v) is 10.2. The molecule has 0 fully saturated rings. The minimum absolute atomic E-state index is 0.513. The maximum Gasteiger partial charge on any atom is 0.232 e. The molecule has 0 aliphatic heterocycles. The standard InChI is InChI=1S/C13H12N4O/c1-17-12-4-3-9(5-10(12)6-15-17)11-7-14-8-13(16-11)18-2/h3-8H,1-2H3. The van der Waals surface area contributed by atoms with Gasteiger partial charge >= 0.3 is 0 Å². The van der Waals surface area contributed by atoms with Crippen molar-refractivity contribution < 1.29 is 4.74 Å². The van der Waals surface area contributed by atoms with Gasteiger partial charge in [-0.3, -0.25) is 9.67 Å². The SMILES string of the molecule is COc1cncc(-c2ccc3c(cnn3C)c2)n1. The minimum atomic E-state index is 0.513. The number of nitrogens with zero attached hydrogens (tertiary/aromatic N) is 4. The van der Waals surface area contributed by atoms with E-state index in [4.69, 9.17) is 4.74 Å². The molecule has 5 nitrogen and oxygen atoms in total. The topological polar surface area (TPSA) is 52.8 Å². The van der Waals surface area contributed by atoms with E-state index in [1.54, 1.807) is 19.5 Å². The number of aromatic nitrogens is 4. The van der Waals surface area contributed by atoms with Crippen molar-refractivity contribution in [2.75, 3.05) is 7.11 Å². The van der Waals surface area contributed by atoms with Crippen molar-refractivity contribution in [3.8, 4) is 17.1 Å². The van der Waals surface area contributed by atoms with E-state index < -0.39 is 0 Å². The van der Waals surface area contributed by atoms with Crippen molar-refractivity contribution in [3.05, 3.63) is 36.8 Å². The zero-order valence-electron chi connectivity index (χ0n) is 10.2. The first kappa shape index (κ1) is 10.7. The Morgan fingerprint density at radius 3 is 2.89 bits per heavy atom. The van der Waals surface area contributed by atoms with Gasteiger partial charge in [0, 0.05) is 18.0 Å². The minimum Gasteiger partial charge on any atom is -0.480 e. The highest BCUT2D eigenvalue weighted by Gasteiger charge is 2.05. The van der Waals surface area contributed by atoms with Crippen LogP contribution in [-0.4, -0.2) is 26.9 Å². The maximum atomic E-state index is 5.08. The summed E-state index contributed by atoms with van der Waals surface area (Å²) in [4.78, 5) is 8.47. The number of ether oxygens (including phenoxy) is 1. The van der Waals surface area contributed by atoms with Crippen molar-refractivity contribution in [1.29, 1.82) is 0 Å². The lowest BCUT2D eigenvalue weighted by Gasteiger charge is -2.03. The Balaban J connectivity index is 2.13. The van der Waals surface area contributed by atoms with Gasteiger partial charge in [-0.2, -0.15) is 5.10 Å². The Morgan fingerprint density at radius 1 is 1.17 bits per heavy atom. The van der Waals surface area contributed by atoms with E-state index in [0.29, 0.717) is 5.88 Å². The number of methoxy groups -OCH3 is 1. The van der Waals surface area contributed by atoms with Crippen LogP contribution in [0.15, 0.2) is 36.8 Å². The van der Waals surface area contributed by atoms with Gasteiger partial charge in [0.05, 0.1) is 36.9 Å². The van der Waals surface area contributed by atoms with E-state index >= 15 is 0 Å². The van der Waals surface area contributed by atoms with Crippen molar-refractivity contribution >= 4 is 10.9 Å². The molecule has 2 heterocycles. The largest absolute Gasteiger partial charge is 0.480 e. The molecule has 90 valence electrons. The van der Waals surface area contributed by atoms with E-state index in [1.165, 1.54) is 0 Å². The molecule has 5 heteroatoms. The molecule has 0 saturated carbocycles. The molecule has 0 radical (unpaired) electrons. The molecular weight excluding hydrogens is 228 g/mol. The molecule has 1 aromatic carbocycles. The first-order valence-electron chi connectivity index (χ1n) is 5.56. The molecule has 0 spiro atoms. The van der Waals surface area contributed by atoms with Gasteiger partial charge in [0.2, 0.25) is 5.88 Å². The molecule has 3 aromatic rings. The molecule has 0 saturated heterocycles. The molecule has 0 bridgehead atoms. The van der Waals surface area contributed by atoms with Crippen LogP contribution in [0.5, 0.6) is 5.88 Å². The van der Waals surface area contributed by atoms with Gasteiger partial charge in [-0.25, -0.2) is 4.98 Å². The van der Waals surface area contributed by atoms with Crippen molar-refractivity contribution in [2.45, 2.75) is 0 Å². The average molecular weight is 240 g/mol. The van der Waals surface area contributed by atoms with Crippen molar-refractivity contribution in [1.82, 2.24) is 19.7 Å². The number of hydrogen-bond donors (Lipinski definition) is 0. The van der Waals surface area contributed by atoms with Crippen LogP contribution in [0.25, 0.3) is 22.2 Å². The normalized spacial score (nSPS) is 10.8. The van der Waals surface area contributed by atoms with Crippen LogP contribution in [0.1, 0.15) is 0 Å². The summed E-state index contributed by atoms with van der Waals surface area (Å²) in [5.74, 6) is 0.513. The third kappa shape index (κ3) is 1.69. The fraction of sp³-hybridized carbons (Fsp3) is 0.154. The Hall–Kier alpha value is -2.43. The summed E-state index contributed by atoms with van der Waals surface area (Å²) < 4.78 is 6.92. The number of fused-ring (bicyclic) bond motifs is 1. The van der Waals surface area contributed by atoms with Crippen LogP contribution in [0, 0.1) is 0 Å². The predicted octanol–water partition coefficient (Wildman–Crippen LogP) is 2.04. The lowest BCUT2D eigenvalue weighted by atomic mass is 10.1. The lowest BCUT2D eigenvalue weighted by molar-refractivity contribution is 0.396. The van der Waals surface area contributed by atoms with Crippen molar-refractivity contribution in [2.24, 2.45) is 7.05 Å². The molecule has 3 rings (SSSR count). The molecule has 0 N–H and O–H groups in total. The first-order chi connectivity index (χ1) is 8.78. The third-order valence-electron chi connectivity index (χ3n) is 2.86. The predicted molar refractivity (Wildman–Crippen MR) is 68.3 cm³/mol. The fourth-order valence-electron chi connectivity index (χ4n) is 1.91. The second-order valence-electron chi connectivity index (χ2n) is 3.99. The number of rotatable bonds is 2. The van der Waals surface area contributed by atoms with E-state index in [0.717, 1.165) is 22.2 Å². The Labute approximate surface area is 104 Å². The van der Waals surface area contributed by atoms with E-state index in [1.807, 2.05) is 36.1 Å². The molecule has 18 heavy (non-hydrogen) atoms. The molecule has 0 unspecified atom stereocenters. The summed E-state index contributed by atoms with van der Waals surface area (Å²) in [7, 11) is 3.51. The molecule has 0 aliphatic rings. The Kier molecular flexibility index (Phi) is 2.44. The summed E-state index contributed by atoms with van der Waals surface area (Å²) in [6, 6.07) is 6.08. The van der Waals surface area contributed by atoms with Crippen LogP contribution >= 0.6 is 0 Å². The van der Waals surface area contributed by atoms with Gasteiger partial charge in [0.1, 0.15) is 0 Å². The highest BCUT2D eigenvalue weighted by molar-refractivity contribution is 5.83. The average Bonchev–Trinajstić information content (AvgIpc) is 2.80. The van der Waals surface area contributed by atoms with Gasteiger partial charge < -0.3 is 4.74 Å². The first-order valence-corrected chi connectivity index (χ1v) is 5.56. The van der Waals surface area contributed by atoms with Crippen molar-refractivity contribution in [3.63, 3.8) is 0 Å². The smallest absolute Gasteiger partial charge is 0.232 e. The van der Waals surface area contributed by atoms with Gasteiger partial charge in [-0.1, -0.05) is 6.07 Å². The Bertz CT molecular complexity index is 705. The molecular formula is C13H12N4O. The van der Waals surface area contributed by atoms with Crippen LogP contribution < -0.4 is 4.74 Å². The van der Waals surface area contributed by atoms with E-state index in [2.05, 4.69) is 15.1 Å². The summed E-state index contributed by atoms with van der Waals surface area (Å²) in [6.07, 6.45) is 5.15. The van der Waals surface area contributed by atoms with Gasteiger partial charge in [-0.15, -0.1) is 0 Å². The summed E-state index contributed by atoms with van der Waals surface area (Å²) >= 11 is 0. The molecule has 0 amide bonds. The monoisotopic (exact) mass is 240 g/mol. The molecule has 0 aliphatic carbocycles. The maximum absolute atomic E-state index is 5.08. The van der Waals surface area contributed by atoms with Crippen LogP contribution in [-0.2, 0) is 7.05 Å². The highest BCUT2D eigenvalue weighted by Crippen LogP contribution is 2.23. The lowest BCUT2D eigenvalue weighted by Crippen LogP contribution is -1.92. The van der Waals surface area contributed by atoms with Gasteiger partial charge in [-0.05, 0) is 12.1 Å². The number of aryl methyl sites for hydroxylation is 1. The third-order valence-corrected chi connectivity index (χ3v) is 2.86. The highest BCUT2D eigenvalue weighted by atomic mass is 16.5. The van der Waals surface area contributed by atoms with Gasteiger partial charge in [0.25, 0.3) is 0 Å². The van der Waals surface area contributed by atoms with E-state index in [9.17, 15) is 0 Å². The van der Waals surface area contributed by atoms with Gasteiger partial charge in [0.15, 0.2) is 0 Å². The number of benzene rings is 1. The quantitative estimate of drug-likeness (QED) is 0.687. The Morgan fingerprint density at radius 2 is 2.06 bits per heavy atom. The van der Waals surface area contributed by atoms with E-state index in [-0.39, 0.29) is 0 Å². The second kappa shape index (κ2) is 4.10. The van der Waals surface area contributed by atoms with Crippen LogP contribution in [0.2, 0.25) is 0 Å². The summed E-state index contributed by atoms with van der Waals surface area (Å²) in [5, 5.41) is 5.30. The summed E-state index contributed by atoms with van der Waals surface area (Å²) in [5.41, 5.74) is 2.89. The zero-order chi connectivity index (χ0) is 12.5. The summed E-state index contributed by atoms with van der Waals surface area (Å²) in [6.45, 7) is 0. The molecule has 2 aromatic heterocycles. The second-order valence-corrected chi connectivity index (χ2v) is 3.99.